The van der Waals surface area contributed by atoms with Crippen LogP contribution in [0.5, 0.6) is 0 Å². The summed E-state index contributed by atoms with van der Waals surface area (Å²) in [6.45, 7) is 11.1. The molecule has 2 heterocycles. The van der Waals surface area contributed by atoms with Gasteiger partial charge in [-0.15, -0.1) is 29.7 Å². The summed E-state index contributed by atoms with van der Waals surface area (Å²) in [5.74, 6) is 0.104. The first kappa shape index (κ1) is 24.8. The number of carbonyl (C=O) groups is 1. The molecule has 5 heteroatoms. The second-order valence-corrected chi connectivity index (χ2v) is 9.49. The number of carbonyl (C=O) groups excluding carboxylic acids is 1. The Kier molecular flexibility index (Phi) is 7.46. The monoisotopic (exact) mass is 594 g/mol. The molecule has 2 aromatic carbocycles. The molecule has 31 heavy (non-hydrogen) atoms. The van der Waals surface area contributed by atoms with Gasteiger partial charge in [-0.25, -0.2) is 0 Å². The first-order chi connectivity index (χ1) is 14.0. The summed E-state index contributed by atoms with van der Waals surface area (Å²) in [4.78, 5) is 15.9. The Morgan fingerprint density at radius 3 is 2.29 bits per heavy atom. The molecule has 0 aliphatic carbocycles. The number of aliphatic hydroxyl groups is 1. The zero-order chi connectivity index (χ0) is 22.1. The SMILES string of the molecule is CC(C)(C)C(=O)/C=C(\O)C(C)(C)C.[Ir].[c-]1cccc2c1c1nccn1c1ccccc21. The Morgan fingerprint density at radius 1 is 1.00 bits per heavy atom. The van der Waals surface area contributed by atoms with Crippen molar-refractivity contribution in [1.82, 2.24) is 9.38 Å². The van der Waals surface area contributed by atoms with E-state index in [0.717, 1.165) is 11.0 Å². The van der Waals surface area contributed by atoms with Crippen molar-refractivity contribution in [2.45, 2.75) is 41.5 Å². The summed E-state index contributed by atoms with van der Waals surface area (Å²) in [7, 11) is 0. The molecule has 0 spiro atoms. The largest absolute Gasteiger partial charge is 0.512 e. The summed E-state index contributed by atoms with van der Waals surface area (Å²) in [6.07, 6.45) is 5.17. The quantitative estimate of drug-likeness (QED) is 0.118. The topological polar surface area (TPSA) is 54.6 Å². The number of para-hydroxylation sites is 1. The van der Waals surface area contributed by atoms with Crippen molar-refractivity contribution >= 4 is 33.1 Å². The molecule has 1 radical (unpaired) electrons. The maximum Gasteiger partial charge on any atom is 0.164 e. The van der Waals surface area contributed by atoms with Crippen molar-refractivity contribution in [3.8, 4) is 0 Å². The van der Waals surface area contributed by atoms with Crippen LogP contribution in [0.15, 0.2) is 66.7 Å². The van der Waals surface area contributed by atoms with Crippen LogP contribution in [0.2, 0.25) is 0 Å². The average Bonchev–Trinajstić information content (AvgIpc) is 3.17. The van der Waals surface area contributed by atoms with E-state index in [1.54, 1.807) is 0 Å². The zero-order valence-corrected chi connectivity index (χ0v) is 21.3. The number of imidazole rings is 1. The first-order valence-corrected chi connectivity index (χ1v) is 10.1. The Balaban J connectivity index is 0.000000223. The van der Waals surface area contributed by atoms with Gasteiger partial charge in [0.1, 0.15) is 5.76 Å². The van der Waals surface area contributed by atoms with Crippen molar-refractivity contribution in [1.29, 1.82) is 0 Å². The van der Waals surface area contributed by atoms with Crippen molar-refractivity contribution < 1.29 is 30.0 Å². The van der Waals surface area contributed by atoms with Crippen LogP contribution in [0, 0.1) is 16.9 Å². The van der Waals surface area contributed by atoms with E-state index in [-0.39, 0.29) is 37.1 Å². The summed E-state index contributed by atoms with van der Waals surface area (Å²) < 4.78 is 2.12. The van der Waals surface area contributed by atoms with Gasteiger partial charge in [0.25, 0.3) is 0 Å². The molecule has 165 valence electrons. The molecular weight excluding hydrogens is 565 g/mol. The van der Waals surface area contributed by atoms with Gasteiger partial charge in [-0.3, -0.25) is 9.78 Å². The minimum atomic E-state index is -0.417. The second kappa shape index (κ2) is 9.33. The van der Waals surface area contributed by atoms with Gasteiger partial charge in [0, 0.05) is 54.9 Å². The molecule has 0 aliphatic rings. The molecule has 0 atom stereocenters. The Bertz CT molecular complexity index is 1170. The van der Waals surface area contributed by atoms with Crippen molar-refractivity contribution in [2.75, 3.05) is 0 Å². The number of rotatable bonds is 1. The average molecular weight is 594 g/mol. The third-order valence-electron chi connectivity index (χ3n) is 4.95. The van der Waals surface area contributed by atoms with Crippen molar-refractivity contribution in [3.05, 3.63) is 72.8 Å². The van der Waals surface area contributed by atoms with Gasteiger partial charge in [-0.05, 0) is 11.5 Å². The van der Waals surface area contributed by atoms with E-state index in [4.69, 9.17) is 0 Å². The number of ketones is 1. The molecule has 2 aromatic heterocycles. The number of benzene rings is 2. The van der Waals surface area contributed by atoms with Crippen molar-refractivity contribution in [3.63, 3.8) is 0 Å². The molecule has 0 saturated carbocycles. The van der Waals surface area contributed by atoms with Crippen LogP contribution < -0.4 is 0 Å². The van der Waals surface area contributed by atoms with Crippen molar-refractivity contribution in [2.24, 2.45) is 10.8 Å². The number of pyridine rings is 1. The number of hydrogen-bond acceptors (Lipinski definition) is 3. The minimum absolute atomic E-state index is 0. The van der Waals surface area contributed by atoms with Gasteiger partial charge in [-0.1, -0.05) is 65.1 Å². The maximum absolute atomic E-state index is 11.5. The van der Waals surface area contributed by atoms with E-state index in [2.05, 4.69) is 45.8 Å². The Morgan fingerprint density at radius 2 is 1.65 bits per heavy atom. The van der Waals surface area contributed by atoms with Gasteiger partial charge in [0.05, 0.1) is 5.65 Å². The van der Waals surface area contributed by atoms with E-state index in [1.165, 1.54) is 22.4 Å². The maximum atomic E-state index is 11.5. The van der Waals surface area contributed by atoms with E-state index in [9.17, 15) is 9.90 Å². The van der Waals surface area contributed by atoms with Crippen LogP contribution in [-0.2, 0) is 24.9 Å². The van der Waals surface area contributed by atoms with Gasteiger partial charge < -0.3 is 9.51 Å². The number of fused-ring (bicyclic) bond motifs is 6. The van der Waals surface area contributed by atoms with Crippen LogP contribution in [-0.4, -0.2) is 20.3 Å². The second-order valence-electron chi connectivity index (χ2n) is 9.49. The fourth-order valence-electron chi connectivity index (χ4n) is 3.00. The van der Waals surface area contributed by atoms with Crippen LogP contribution in [0.1, 0.15) is 41.5 Å². The number of aliphatic hydroxyl groups excluding tert-OH is 1. The molecule has 4 aromatic rings. The van der Waals surface area contributed by atoms with Crippen LogP contribution in [0.25, 0.3) is 27.3 Å². The van der Waals surface area contributed by atoms with Gasteiger partial charge in [-0.2, -0.15) is 0 Å². The van der Waals surface area contributed by atoms with E-state index < -0.39 is 5.41 Å². The van der Waals surface area contributed by atoms with E-state index in [0.29, 0.717) is 0 Å². The normalized spacial score (nSPS) is 12.4. The number of nitrogens with zero attached hydrogens (tertiary/aromatic N) is 2. The van der Waals surface area contributed by atoms with Crippen LogP contribution in [0.3, 0.4) is 0 Å². The third kappa shape index (κ3) is 5.41. The first-order valence-electron chi connectivity index (χ1n) is 10.1. The number of allylic oxidation sites excluding steroid dienone is 2. The summed E-state index contributed by atoms with van der Waals surface area (Å²) in [5, 5.41) is 13.1. The molecule has 0 aliphatic heterocycles. The molecule has 4 nitrogen and oxygen atoms in total. The number of aromatic nitrogens is 2. The summed E-state index contributed by atoms with van der Waals surface area (Å²) in [5.41, 5.74) is 1.39. The fraction of sp³-hybridized carbons (Fsp3) is 0.308. The van der Waals surface area contributed by atoms with Crippen LogP contribution >= 0.6 is 0 Å². The van der Waals surface area contributed by atoms with Gasteiger partial charge in [0.2, 0.25) is 0 Å². The molecule has 0 fully saturated rings. The predicted molar refractivity (Wildman–Crippen MR) is 124 cm³/mol. The molecule has 0 amide bonds. The predicted octanol–water partition coefficient (Wildman–Crippen LogP) is 6.53. The Hall–Kier alpha value is -2.49. The third-order valence-corrected chi connectivity index (χ3v) is 4.95. The van der Waals surface area contributed by atoms with E-state index >= 15 is 0 Å². The Labute approximate surface area is 197 Å². The number of hydrogen-bond donors (Lipinski definition) is 1. The molecule has 0 saturated heterocycles. The smallest absolute Gasteiger partial charge is 0.164 e. The standard InChI is InChI=1S/C15H9N2.C11H20O2.Ir/c1-2-7-13-11(5-1)12-6-3-4-8-14(12)17-10-9-16-15(13)17;1-10(2,3)8(12)7-9(13)11(4,5)6;/h1-6,8-10H;7,12H,1-6H3;/q-1;;/b;8-7-;. The summed E-state index contributed by atoms with van der Waals surface area (Å²) >= 11 is 0. The van der Waals surface area contributed by atoms with Gasteiger partial charge >= 0.3 is 0 Å². The molecule has 0 bridgehead atoms. The molecule has 4 rings (SSSR count). The van der Waals surface area contributed by atoms with Gasteiger partial charge in [0.15, 0.2) is 5.78 Å². The fourth-order valence-corrected chi connectivity index (χ4v) is 3.00. The molecule has 1 N–H and O–H groups in total. The minimum Gasteiger partial charge on any atom is -0.512 e. The summed E-state index contributed by atoms with van der Waals surface area (Å²) in [6, 6.07) is 17.8. The molecule has 0 unspecified atom stereocenters. The zero-order valence-electron chi connectivity index (χ0n) is 18.9. The molecular formula is C26H29IrN2O2-. The van der Waals surface area contributed by atoms with Crippen LogP contribution in [0.4, 0.5) is 0 Å². The van der Waals surface area contributed by atoms with E-state index in [1.807, 2.05) is 66.1 Å².